The van der Waals surface area contributed by atoms with E-state index in [0.717, 1.165) is 18.2 Å². The Bertz CT molecular complexity index is 903. The summed E-state index contributed by atoms with van der Waals surface area (Å²) in [5.74, 6) is -1.03. The standard InChI is InChI=1S/C18H20N2O4S/c1-4-13-6-8-14(9-7-13)17(21)19-20-18(22)16-11-15(25(3,23)24)10-5-12(16)2/h5-11H,4H2,1-3H3,(H,19,21)(H,20,22). The zero-order valence-electron chi connectivity index (χ0n) is 14.3. The van der Waals surface area contributed by atoms with Crippen molar-refractivity contribution in [1.82, 2.24) is 10.9 Å². The second kappa shape index (κ2) is 7.48. The summed E-state index contributed by atoms with van der Waals surface area (Å²) >= 11 is 0. The minimum Gasteiger partial charge on any atom is -0.267 e. The van der Waals surface area contributed by atoms with Crippen LogP contribution in [0.25, 0.3) is 0 Å². The van der Waals surface area contributed by atoms with Gasteiger partial charge in [0, 0.05) is 17.4 Å². The molecule has 0 unspecified atom stereocenters. The van der Waals surface area contributed by atoms with Crippen molar-refractivity contribution in [2.24, 2.45) is 0 Å². The van der Waals surface area contributed by atoms with Crippen LogP contribution in [-0.2, 0) is 16.3 Å². The summed E-state index contributed by atoms with van der Waals surface area (Å²) in [6.07, 6.45) is 1.94. The number of amides is 2. The molecule has 2 rings (SSSR count). The summed E-state index contributed by atoms with van der Waals surface area (Å²) in [7, 11) is -3.42. The Morgan fingerprint density at radius 2 is 1.56 bits per heavy atom. The van der Waals surface area contributed by atoms with E-state index in [0.29, 0.717) is 11.1 Å². The van der Waals surface area contributed by atoms with Crippen LogP contribution in [-0.4, -0.2) is 26.5 Å². The van der Waals surface area contributed by atoms with Crippen LogP contribution in [0.5, 0.6) is 0 Å². The maximum absolute atomic E-state index is 12.3. The molecule has 0 aliphatic carbocycles. The number of nitrogens with one attached hydrogen (secondary N) is 2. The third kappa shape index (κ3) is 4.67. The number of hydrogen-bond donors (Lipinski definition) is 2. The van der Waals surface area contributed by atoms with Crippen LogP contribution in [0.15, 0.2) is 47.4 Å². The molecular weight excluding hydrogens is 340 g/mol. The molecule has 7 heteroatoms. The largest absolute Gasteiger partial charge is 0.270 e. The summed E-state index contributed by atoms with van der Waals surface area (Å²) in [5.41, 5.74) is 6.95. The van der Waals surface area contributed by atoms with Gasteiger partial charge in [-0.15, -0.1) is 0 Å². The second-order valence-electron chi connectivity index (χ2n) is 5.71. The molecule has 0 fully saturated rings. The number of rotatable bonds is 4. The Morgan fingerprint density at radius 3 is 2.12 bits per heavy atom. The smallest absolute Gasteiger partial charge is 0.267 e. The number of sulfone groups is 1. The van der Waals surface area contributed by atoms with Gasteiger partial charge in [-0.05, 0) is 48.7 Å². The molecule has 0 aromatic heterocycles. The molecule has 0 aliphatic rings. The topological polar surface area (TPSA) is 92.3 Å². The molecule has 2 N–H and O–H groups in total. The molecule has 0 saturated heterocycles. The van der Waals surface area contributed by atoms with Gasteiger partial charge in [-0.1, -0.05) is 25.1 Å². The number of aryl methyl sites for hydroxylation is 2. The highest BCUT2D eigenvalue weighted by Gasteiger charge is 2.15. The van der Waals surface area contributed by atoms with E-state index in [1.54, 1.807) is 25.1 Å². The molecule has 0 bridgehead atoms. The minimum absolute atomic E-state index is 0.0460. The number of hydrazine groups is 1. The quantitative estimate of drug-likeness (QED) is 0.816. The van der Waals surface area contributed by atoms with Crippen LogP contribution in [0.1, 0.15) is 38.8 Å². The van der Waals surface area contributed by atoms with Crippen molar-refractivity contribution >= 4 is 21.7 Å². The summed E-state index contributed by atoms with van der Waals surface area (Å²) < 4.78 is 23.2. The fourth-order valence-corrected chi connectivity index (χ4v) is 2.87. The van der Waals surface area contributed by atoms with E-state index in [-0.39, 0.29) is 10.5 Å². The molecule has 2 amide bonds. The van der Waals surface area contributed by atoms with Crippen LogP contribution in [0, 0.1) is 6.92 Å². The third-order valence-corrected chi connectivity index (χ3v) is 4.91. The first-order valence-electron chi connectivity index (χ1n) is 7.72. The highest BCUT2D eigenvalue weighted by atomic mass is 32.2. The third-order valence-electron chi connectivity index (χ3n) is 3.80. The molecule has 0 heterocycles. The monoisotopic (exact) mass is 360 g/mol. The second-order valence-corrected chi connectivity index (χ2v) is 7.72. The molecule has 0 spiro atoms. The molecule has 0 atom stereocenters. The lowest BCUT2D eigenvalue weighted by molar-refractivity contribution is 0.0846. The van der Waals surface area contributed by atoms with Crippen molar-refractivity contribution in [1.29, 1.82) is 0 Å². The van der Waals surface area contributed by atoms with Gasteiger partial charge in [0.15, 0.2) is 9.84 Å². The molecule has 2 aromatic rings. The first kappa shape index (κ1) is 18.7. The van der Waals surface area contributed by atoms with E-state index < -0.39 is 21.7 Å². The van der Waals surface area contributed by atoms with Crippen molar-refractivity contribution in [3.63, 3.8) is 0 Å². The summed E-state index contributed by atoms with van der Waals surface area (Å²) in [6.45, 7) is 3.70. The predicted octanol–water partition coefficient (Wildman–Crippen LogP) is 2.04. The van der Waals surface area contributed by atoms with Crippen molar-refractivity contribution in [2.75, 3.05) is 6.26 Å². The number of carbonyl (C=O) groups excluding carboxylic acids is 2. The van der Waals surface area contributed by atoms with Gasteiger partial charge in [-0.3, -0.25) is 20.4 Å². The molecular formula is C18H20N2O4S. The fraction of sp³-hybridized carbons (Fsp3) is 0.222. The lowest BCUT2D eigenvalue weighted by atomic mass is 10.1. The summed E-state index contributed by atoms with van der Waals surface area (Å²) in [6, 6.07) is 11.3. The Morgan fingerprint density at radius 1 is 0.960 bits per heavy atom. The summed E-state index contributed by atoms with van der Waals surface area (Å²) in [4.78, 5) is 24.4. The highest BCUT2D eigenvalue weighted by molar-refractivity contribution is 7.90. The zero-order valence-corrected chi connectivity index (χ0v) is 15.1. The molecule has 0 aliphatic heterocycles. The van der Waals surface area contributed by atoms with E-state index >= 15 is 0 Å². The van der Waals surface area contributed by atoms with E-state index in [1.165, 1.54) is 12.1 Å². The van der Waals surface area contributed by atoms with Crippen molar-refractivity contribution in [3.05, 3.63) is 64.7 Å². The fourth-order valence-electron chi connectivity index (χ4n) is 2.22. The molecule has 132 valence electrons. The van der Waals surface area contributed by atoms with Gasteiger partial charge < -0.3 is 0 Å². The van der Waals surface area contributed by atoms with Crippen molar-refractivity contribution in [2.45, 2.75) is 25.2 Å². The van der Waals surface area contributed by atoms with Crippen molar-refractivity contribution < 1.29 is 18.0 Å². The summed E-state index contributed by atoms with van der Waals surface area (Å²) in [5, 5.41) is 0. The Kier molecular flexibility index (Phi) is 5.58. The van der Waals surface area contributed by atoms with E-state index in [1.807, 2.05) is 19.1 Å². The van der Waals surface area contributed by atoms with Gasteiger partial charge in [-0.2, -0.15) is 0 Å². The van der Waals surface area contributed by atoms with Gasteiger partial charge in [0.1, 0.15) is 0 Å². The Balaban J connectivity index is 2.10. The van der Waals surface area contributed by atoms with Gasteiger partial charge in [-0.25, -0.2) is 8.42 Å². The Hall–Kier alpha value is -2.67. The van der Waals surface area contributed by atoms with Gasteiger partial charge in [0.25, 0.3) is 11.8 Å². The molecule has 0 saturated carbocycles. The van der Waals surface area contributed by atoms with Crippen LogP contribution >= 0.6 is 0 Å². The number of carbonyl (C=O) groups is 2. The van der Waals surface area contributed by atoms with Gasteiger partial charge >= 0.3 is 0 Å². The van der Waals surface area contributed by atoms with Crippen LogP contribution in [0.3, 0.4) is 0 Å². The lowest BCUT2D eigenvalue weighted by Crippen LogP contribution is -2.41. The van der Waals surface area contributed by atoms with Crippen LogP contribution in [0.4, 0.5) is 0 Å². The van der Waals surface area contributed by atoms with E-state index in [9.17, 15) is 18.0 Å². The predicted molar refractivity (Wildman–Crippen MR) is 95.0 cm³/mol. The number of benzene rings is 2. The lowest BCUT2D eigenvalue weighted by Gasteiger charge is -2.10. The minimum atomic E-state index is -3.42. The van der Waals surface area contributed by atoms with E-state index in [4.69, 9.17) is 0 Å². The first-order chi connectivity index (χ1) is 11.7. The molecule has 2 aromatic carbocycles. The SMILES string of the molecule is CCc1ccc(C(=O)NNC(=O)c2cc(S(C)(=O)=O)ccc2C)cc1. The first-order valence-corrected chi connectivity index (χ1v) is 9.62. The number of hydrogen-bond acceptors (Lipinski definition) is 4. The highest BCUT2D eigenvalue weighted by Crippen LogP contribution is 2.15. The average molecular weight is 360 g/mol. The molecule has 0 radical (unpaired) electrons. The normalized spacial score (nSPS) is 11.0. The average Bonchev–Trinajstić information content (AvgIpc) is 2.58. The van der Waals surface area contributed by atoms with Crippen LogP contribution < -0.4 is 10.9 Å². The zero-order chi connectivity index (χ0) is 18.6. The maximum atomic E-state index is 12.3. The molecule has 6 nitrogen and oxygen atoms in total. The van der Waals surface area contributed by atoms with Crippen LogP contribution in [0.2, 0.25) is 0 Å². The van der Waals surface area contributed by atoms with E-state index in [2.05, 4.69) is 10.9 Å². The maximum Gasteiger partial charge on any atom is 0.270 e. The van der Waals surface area contributed by atoms with Crippen molar-refractivity contribution in [3.8, 4) is 0 Å². The molecule has 25 heavy (non-hydrogen) atoms. The van der Waals surface area contributed by atoms with Gasteiger partial charge in [0.05, 0.1) is 4.90 Å². The van der Waals surface area contributed by atoms with Gasteiger partial charge in [0.2, 0.25) is 0 Å². The Labute approximate surface area is 147 Å².